The highest BCUT2D eigenvalue weighted by molar-refractivity contribution is 5.38. The summed E-state index contributed by atoms with van der Waals surface area (Å²) in [5.74, 6) is 0.983. The lowest BCUT2D eigenvalue weighted by atomic mass is 10.0. The van der Waals surface area contributed by atoms with Crippen molar-refractivity contribution in [3.05, 3.63) is 64.7 Å². The van der Waals surface area contributed by atoms with Crippen LogP contribution in [0.3, 0.4) is 0 Å². The zero-order valence-electron chi connectivity index (χ0n) is 14.9. The molecule has 0 amide bonds. The fraction of sp³-hybridized carbons (Fsp3) is 0.455. The highest BCUT2D eigenvalue weighted by atomic mass is 16.5. The zero-order chi connectivity index (χ0) is 16.9. The van der Waals surface area contributed by atoms with Gasteiger partial charge in [-0.25, -0.2) is 0 Å². The molecule has 132 valence electrons. The molecule has 1 aliphatic heterocycles. The van der Waals surface area contributed by atoms with E-state index in [0.717, 1.165) is 38.4 Å². The molecule has 0 fully saturated rings. The maximum Gasteiger partial charge on any atom is 0.119 e. The summed E-state index contributed by atoms with van der Waals surface area (Å²) < 4.78 is 11.6. The van der Waals surface area contributed by atoms with Crippen LogP contribution in [0.15, 0.2) is 42.5 Å². The minimum Gasteiger partial charge on any atom is -0.491 e. The molecule has 0 atom stereocenters. The normalized spacial score (nSPS) is 16.5. The van der Waals surface area contributed by atoms with Crippen molar-refractivity contribution in [1.82, 2.24) is 4.90 Å². The van der Waals surface area contributed by atoms with Gasteiger partial charge < -0.3 is 9.47 Å². The second kappa shape index (κ2) is 8.03. The third-order valence-corrected chi connectivity index (χ3v) is 5.33. The first kappa shape index (κ1) is 16.6. The third-order valence-electron chi connectivity index (χ3n) is 5.33. The van der Waals surface area contributed by atoms with Crippen LogP contribution in [0.5, 0.6) is 5.75 Å². The molecule has 0 bridgehead atoms. The van der Waals surface area contributed by atoms with Crippen LogP contribution in [-0.2, 0) is 30.5 Å². The van der Waals surface area contributed by atoms with Gasteiger partial charge in [0.15, 0.2) is 0 Å². The Kier molecular flexibility index (Phi) is 5.34. The van der Waals surface area contributed by atoms with Crippen molar-refractivity contribution in [2.45, 2.75) is 32.2 Å². The van der Waals surface area contributed by atoms with Crippen LogP contribution in [0.4, 0.5) is 0 Å². The monoisotopic (exact) mass is 337 g/mol. The van der Waals surface area contributed by atoms with Crippen LogP contribution < -0.4 is 4.74 Å². The average Bonchev–Trinajstić information content (AvgIpc) is 3.12. The van der Waals surface area contributed by atoms with E-state index < -0.39 is 0 Å². The van der Waals surface area contributed by atoms with Crippen LogP contribution in [0.25, 0.3) is 0 Å². The molecule has 0 radical (unpaired) electrons. The van der Waals surface area contributed by atoms with E-state index in [1.807, 2.05) is 0 Å². The largest absolute Gasteiger partial charge is 0.491 e. The Morgan fingerprint density at radius 1 is 0.800 bits per heavy atom. The number of benzene rings is 2. The highest BCUT2D eigenvalue weighted by Gasteiger charge is 2.15. The Hall–Kier alpha value is -1.84. The molecule has 2 aliphatic rings. The molecule has 0 saturated heterocycles. The quantitative estimate of drug-likeness (QED) is 0.720. The van der Waals surface area contributed by atoms with Gasteiger partial charge in [0.1, 0.15) is 12.4 Å². The van der Waals surface area contributed by atoms with Gasteiger partial charge in [0, 0.05) is 19.6 Å². The minimum absolute atomic E-state index is 0.627. The lowest BCUT2D eigenvalue weighted by Crippen LogP contribution is -2.33. The Bertz CT molecular complexity index is 713. The minimum atomic E-state index is 0.627. The van der Waals surface area contributed by atoms with E-state index >= 15 is 0 Å². The van der Waals surface area contributed by atoms with Gasteiger partial charge in [0.25, 0.3) is 0 Å². The highest BCUT2D eigenvalue weighted by Crippen LogP contribution is 2.26. The van der Waals surface area contributed by atoms with E-state index in [0.29, 0.717) is 13.2 Å². The number of nitrogens with zero attached hydrogens (tertiary/aromatic N) is 1. The van der Waals surface area contributed by atoms with Gasteiger partial charge in [-0.05, 0) is 60.1 Å². The fourth-order valence-electron chi connectivity index (χ4n) is 3.90. The van der Waals surface area contributed by atoms with Gasteiger partial charge in [-0.15, -0.1) is 0 Å². The summed E-state index contributed by atoms with van der Waals surface area (Å²) in [5, 5.41) is 0. The predicted molar refractivity (Wildman–Crippen MR) is 100 cm³/mol. The molecule has 0 saturated carbocycles. The first-order chi connectivity index (χ1) is 12.4. The van der Waals surface area contributed by atoms with Gasteiger partial charge in [-0.3, -0.25) is 4.90 Å². The maximum absolute atomic E-state index is 5.83. The van der Waals surface area contributed by atoms with E-state index in [4.69, 9.17) is 9.47 Å². The van der Waals surface area contributed by atoms with Gasteiger partial charge in [0.05, 0.1) is 13.2 Å². The Balaban J connectivity index is 1.13. The standard InChI is InChI=1S/C22H27NO2/c1-2-5-21-17-23(11-10-19(21)4-1)12-13-24-14-15-25-22-9-8-18-6-3-7-20(18)16-22/h1-2,4-5,8-9,16H,3,6-7,10-15,17H2. The second-order valence-corrected chi connectivity index (χ2v) is 7.04. The molecule has 2 aromatic carbocycles. The summed E-state index contributed by atoms with van der Waals surface area (Å²) in [4.78, 5) is 2.48. The van der Waals surface area contributed by atoms with E-state index in [9.17, 15) is 0 Å². The molecule has 2 aromatic rings. The number of fused-ring (bicyclic) bond motifs is 2. The first-order valence-corrected chi connectivity index (χ1v) is 9.50. The van der Waals surface area contributed by atoms with Crippen LogP contribution >= 0.6 is 0 Å². The van der Waals surface area contributed by atoms with Crippen LogP contribution in [0, 0.1) is 0 Å². The molecular formula is C22H27NO2. The predicted octanol–water partition coefficient (Wildman–Crippen LogP) is 3.63. The molecule has 25 heavy (non-hydrogen) atoms. The summed E-state index contributed by atoms with van der Waals surface area (Å²) >= 11 is 0. The SMILES string of the molecule is c1ccc2c(c1)CCN(CCOCCOc1ccc3c(c1)CCC3)C2. The number of ether oxygens (including phenoxy) is 2. The van der Waals surface area contributed by atoms with Crippen LogP contribution in [0.2, 0.25) is 0 Å². The molecular weight excluding hydrogens is 310 g/mol. The average molecular weight is 337 g/mol. The van der Waals surface area contributed by atoms with Crippen molar-refractivity contribution in [2.24, 2.45) is 0 Å². The number of rotatable bonds is 7. The van der Waals surface area contributed by atoms with E-state index in [2.05, 4.69) is 47.4 Å². The lowest BCUT2D eigenvalue weighted by Gasteiger charge is -2.28. The van der Waals surface area contributed by atoms with Crippen molar-refractivity contribution < 1.29 is 9.47 Å². The summed E-state index contributed by atoms with van der Waals surface area (Å²) in [6.07, 6.45) is 4.85. The molecule has 0 N–H and O–H groups in total. The Labute approximate surface area is 150 Å². The summed E-state index contributed by atoms with van der Waals surface area (Å²) in [7, 11) is 0. The molecule has 1 aliphatic carbocycles. The smallest absolute Gasteiger partial charge is 0.119 e. The lowest BCUT2D eigenvalue weighted by molar-refractivity contribution is 0.0766. The zero-order valence-corrected chi connectivity index (χ0v) is 14.9. The number of hydrogen-bond acceptors (Lipinski definition) is 3. The van der Waals surface area contributed by atoms with E-state index in [1.165, 1.54) is 41.5 Å². The second-order valence-electron chi connectivity index (χ2n) is 7.04. The molecule has 0 aromatic heterocycles. The third kappa shape index (κ3) is 4.23. The Morgan fingerprint density at radius 2 is 1.64 bits per heavy atom. The molecule has 0 unspecified atom stereocenters. The van der Waals surface area contributed by atoms with Crippen LogP contribution in [-0.4, -0.2) is 37.8 Å². The topological polar surface area (TPSA) is 21.7 Å². The van der Waals surface area contributed by atoms with Crippen molar-refractivity contribution >= 4 is 0 Å². The molecule has 1 heterocycles. The number of hydrogen-bond donors (Lipinski definition) is 0. The Morgan fingerprint density at radius 3 is 2.60 bits per heavy atom. The van der Waals surface area contributed by atoms with Gasteiger partial charge in [-0.1, -0.05) is 30.3 Å². The van der Waals surface area contributed by atoms with Crippen molar-refractivity contribution in [1.29, 1.82) is 0 Å². The van der Waals surface area contributed by atoms with Gasteiger partial charge >= 0.3 is 0 Å². The molecule has 4 rings (SSSR count). The summed E-state index contributed by atoms with van der Waals surface area (Å²) in [6, 6.07) is 15.3. The maximum atomic E-state index is 5.83. The van der Waals surface area contributed by atoms with Gasteiger partial charge in [-0.2, -0.15) is 0 Å². The first-order valence-electron chi connectivity index (χ1n) is 9.50. The molecule has 0 spiro atoms. The summed E-state index contributed by atoms with van der Waals surface area (Å²) in [6.45, 7) is 5.23. The van der Waals surface area contributed by atoms with Crippen molar-refractivity contribution in [2.75, 3.05) is 32.9 Å². The fourth-order valence-corrected chi connectivity index (χ4v) is 3.90. The van der Waals surface area contributed by atoms with Crippen molar-refractivity contribution in [3.8, 4) is 5.75 Å². The number of aryl methyl sites for hydroxylation is 2. The molecule has 3 heteroatoms. The van der Waals surface area contributed by atoms with Gasteiger partial charge in [0.2, 0.25) is 0 Å². The van der Waals surface area contributed by atoms with E-state index in [-0.39, 0.29) is 0 Å². The van der Waals surface area contributed by atoms with Crippen LogP contribution in [0.1, 0.15) is 28.7 Å². The van der Waals surface area contributed by atoms with E-state index in [1.54, 1.807) is 0 Å². The summed E-state index contributed by atoms with van der Waals surface area (Å²) in [5.41, 5.74) is 5.92. The molecule has 3 nitrogen and oxygen atoms in total. The van der Waals surface area contributed by atoms with Crippen molar-refractivity contribution in [3.63, 3.8) is 0 Å².